The number of rotatable bonds is 5. The number of nitrogens with zero attached hydrogens (tertiary/aromatic N) is 1. The van der Waals surface area contributed by atoms with E-state index in [0.29, 0.717) is 30.0 Å². The van der Waals surface area contributed by atoms with Gasteiger partial charge in [0.05, 0.1) is 12.5 Å². The van der Waals surface area contributed by atoms with Crippen LogP contribution in [0.25, 0.3) is 0 Å². The summed E-state index contributed by atoms with van der Waals surface area (Å²) in [5, 5.41) is 8.60. The van der Waals surface area contributed by atoms with Crippen LogP contribution in [0.15, 0.2) is 42.5 Å². The minimum Gasteiger partial charge on any atom is -0.489 e. The predicted molar refractivity (Wildman–Crippen MR) is 79.5 cm³/mol. The number of nitrogens with two attached hydrogens (primary N) is 2. The van der Waals surface area contributed by atoms with Crippen LogP contribution in [0.3, 0.4) is 0 Å². The maximum Gasteiger partial charge on any atom is 0.248 e. The third-order valence-electron chi connectivity index (χ3n) is 3.03. The maximum atomic E-state index is 11.0. The average Bonchev–Trinajstić information content (AvgIpc) is 2.47. The molecule has 0 saturated heterocycles. The summed E-state index contributed by atoms with van der Waals surface area (Å²) in [6.07, 6.45) is 0.377. The van der Waals surface area contributed by atoms with Gasteiger partial charge in [-0.3, -0.25) is 4.79 Å². The van der Waals surface area contributed by atoms with Crippen molar-refractivity contribution in [1.29, 1.82) is 5.26 Å². The molecule has 0 aromatic heterocycles. The molecule has 2 aromatic rings. The molecule has 2 aromatic carbocycles. The molecule has 0 radical (unpaired) electrons. The van der Waals surface area contributed by atoms with E-state index in [2.05, 4.69) is 6.07 Å². The lowest BCUT2D eigenvalue weighted by molar-refractivity contribution is 0.100. The number of primary amides is 1. The number of benzene rings is 2. The van der Waals surface area contributed by atoms with Gasteiger partial charge in [-0.2, -0.15) is 5.26 Å². The molecule has 0 unspecified atom stereocenters. The van der Waals surface area contributed by atoms with Gasteiger partial charge in [0.2, 0.25) is 5.91 Å². The molecule has 0 aliphatic carbocycles. The molecule has 5 heteroatoms. The number of nitrogen functional groups attached to an aromatic ring is 1. The summed E-state index contributed by atoms with van der Waals surface area (Å²) in [5.41, 5.74) is 13.6. The van der Waals surface area contributed by atoms with Crippen LogP contribution in [0, 0.1) is 11.3 Å². The third kappa shape index (κ3) is 3.74. The summed E-state index contributed by atoms with van der Waals surface area (Å²) in [4.78, 5) is 11.0. The highest BCUT2D eigenvalue weighted by molar-refractivity contribution is 5.93. The van der Waals surface area contributed by atoms with Crippen LogP contribution >= 0.6 is 0 Å². The van der Waals surface area contributed by atoms with Crippen LogP contribution in [-0.4, -0.2) is 5.91 Å². The fourth-order valence-corrected chi connectivity index (χ4v) is 1.84. The largest absolute Gasteiger partial charge is 0.489 e. The molecular weight excluding hydrogens is 266 g/mol. The van der Waals surface area contributed by atoms with Crippen molar-refractivity contribution in [2.45, 2.75) is 13.0 Å². The number of ether oxygens (including phenoxy) is 1. The number of hydrogen-bond donors (Lipinski definition) is 2. The second kappa shape index (κ2) is 6.44. The van der Waals surface area contributed by atoms with Crippen molar-refractivity contribution in [2.24, 2.45) is 5.73 Å². The van der Waals surface area contributed by atoms with Gasteiger partial charge in [-0.25, -0.2) is 0 Å². The molecule has 106 valence electrons. The van der Waals surface area contributed by atoms with Gasteiger partial charge >= 0.3 is 0 Å². The minimum absolute atomic E-state index is 0.294. The summed E-state index contributed by atoms with van der Waals surface area (Å²) < 4.78 is 5.63. The lowest BCUT2D eigenvalue weighted by atomic mass is 10.1. The highest BCUT2D eigenvalue weighted by Gasteiger charge is 2.05. The number of carbonyl (C=O) groups is 1. The Morgan fingerprint density at radius 1 is 1.19 bits per heavy atom. The quantitative estimate of drug-likeness (QED) is 0.818. The van der Waals surface area contributed by atoms with Gasteiger partial charge < -0.3 is 16.2 Å². The molecule has 0 atom stereocenters. The molecule has 0 fully saturated rings. The molecule has 0 aliphatic heterocycles. The normalized spacial score (nSPS) is 9.86. The van der Waals surface area contributed by atoms with E-state index in [4.69, 9.17) is 21.5 Å². The van der Waals surface area contributed by atoms with E-state index >= 15 is 0 Å². The van der Waals surface area contributed by atoms with Crippen molar-refractivity contribution in [3.05, 3.63) is 59.2 Å². The minimum atomic E-state index is -0.512. The van der Waals surface area contributed by atoms with Crippen molar-refractivity contribution in [1.82, 2.24) is 0 Å². The second-order valence-corrected chi connectivity index (χ2v) is 4.55. The first-order valence-electron chi connectivity index (χ1n) is 6.37. The molecular formula is C16H15N3O2. The number of hydrogen-bond acceptors (Lipinski definition) is 4. The van der Waals surface area contributed by atoms with Gasteiger partial charge in [0.25, 0.3) is 0 Å². The topological polar surface area (TPSA) is 102 Å². The Balaban J connectivity index is 2.03. The van der Waals surface area contributed by atoms with Crippen LogP contribution in [-0.2, 0) is 13.0 Å². The zero-order valence-electron chi connectivity index (χ0n) is 11.4. The maximum absolute atomic E-state index is 11.0. The zero-order chi connectivity index (χ0) is 15.2. The summed E-state index contributed by atoms with van der Waals surface area (Å²) in [6.45, 7) is 0.294. The Bertz CT molecular complexity index is 688. The van der Waals surface area contributed by atoms with E-state index in [9.17, 15) is 4.79 Å². The van der Waals surface area contributed by atoms with Crippen molar-refractivity contribution >= 4 is 11.6 Å². The van der Waals surface area contributed by atoms with Crippen LogP contribution < -0.4 is 16.2 Å². The summed E-state index contributed by atoms with van der Waals surface area (Å²) in [5.74, 6) is 0.178. The number of nitriles is 1. The van der Waals surface area contributed by atoms with Crippen molar-refractivity contribution in [2.75, 3.05) is 5.73 Å². The summed E-state index contributed by atoms with van der Waals surface area (Å²) >= 11 is 0. The SMILES string of the molecule is N#CCc1ccc(OCc2ccc(C(N)=O)cc2N)cc1. The van der Waals surface area contributed by atoms with Crippen LogP contribution in [0.1, 0.15) is 21.5 Å². The van der Waals surface area contributed by atoms with Crippen molar-refractivity contribution < 1.29 is 9.53 Å². The zero-order valence-corrected chi connectivity index (χ0v) is 11.4. The first-order valence-corrected chi connectivity index (χ1v) is 6.37. The second-order valence-electron chi connectivity index (χ2n) is 4.55. The molecule has 2 rings (SSSR count). The van der Waals surface area contributed by atoms with E-state index in [1.165, 1.54) is 6.07 Å². The highest BCUT2D eigenvalue weighted by atomic mass is 16.5. The Hall–Kier alpha value is -3.00. The monoisotopic (exact) mass is 281 g/mol. The van der Waals surface area contributed by atoms with E-state index < -0.39 is 5.91 Å². The van der Waals surface area contributed by atoms with E-state index in [0.717, 1.165) is 11.1 Å². The molecule has 1 amide bonds. The number of anilines is 1. The molecule has 21 heavy (non-hydrogen) atoms. The fraction of sp³-hybridized carbons (Fsp3) is 0.125. The molecule has 5 nitrogen and oxygen atoms in total. The number of amides is 1. The van der Waals surface area contributed by atoms with Crippen molar-refractivity contribution in [3.63, 3.8) is 0 Å². The fourth-order valence-electron chi connectivity index (χ4n) is 1.84. The third-order valence-corrected chi connectivity index (χ3v) is 3.03. The summed E-state index contributed by atoms with van der Waals surface area (Å²) in [7, 11) is 0. The van der Waals surface area contributed by atoms with Gasteiger partial charge in [0.1, 0.15) is 12.4 Å². The van der Waals surface area contributed by atoms with Crippen LogP contribution in [0.5, 0.6) is 5.75 Å². The van der Waals surface area contributed by atoms with E-state index in [1.807, 2.05) is 12.1 Å². The molecule has 0 saturated carbocycles. The Morgan fingerprint density at radius 3 is 2.48 bits per heavy atom. The lowest BCUT2D eigenvalue weighted by Gasteiger charge is -2.09. The highest BCUT2D eigenvalue weighted by Crippen LogP contribution is 2.18. The van der Waals surface area contributed by atoms with Crippen LogP contribution in [0.2, 0.25) is 0 Å². The molecule has 0 spiro atoms. The van der Waals surface area contributed by atoms with Gasteiger partial charge in [0.15, 0.2) is 0 Å². The average molecular weight is 281 g/mol. The van der Waals surface area contributed by atoms with Gasteiger partial charge in [-0.1, -0.05) is 18.2 Å². The molecule has 4 N–H and O–H groups in total. The van der Waals surface area contributed by atoms with Crippen LogP contribution in [0.4, 0.5) is 5.69 Å². The first-order chi connectivity index (χ1) is 10.1. The Morgan fingerprint density at radius 2 is 1.90 bits per heavy atom. The van der Waals surface area contributed by atoms with Gasteiger partial charge in [0, 0.05) is 16.8 Å². The smallest absolute Gasteiger partial charge is 0.248 e. The first kappa shape index (κ1) is 14.4. The van der Waals surface area contributed by atoms with Gasteiger partial charge in [-0.05, 0) is 29.8 Å². The summed E-state index contributed by atoms with van der Waals surface area (Å²) in [6, 6.07) is 14.3. The van der Waals surface area contributed by atoms with E-state index in [-0.39, 0.29) is 0 Å². The molecule has 0 heterocycles. The van der Waals surface area contributed by atoms with Crippen molar-refractivity contribution in [3.8, 4) is 11.8 Å². The van der Waals surface area contributed by atoms with E-state index in [1.54, 1.807) is 24.3 Å². The molecule has 0 bridgehead atoms. The number of carbonyl (C=O) groups excluding carboxylic acids is 1. The predicted octanol–water partition coefficient (Wildman–Crippen LogP) is 2.01. The lowest BCUT2D eigenvalue weighted by Crippen LogP contribution is -2.12. The Kier molecular flexibility index (Phi) is 4.42. The van der Waals surface area contributed by atoms with Gasteiger partial charge in [-0.15, -0.1) is 0 Å². The standard InChI is InChI=1S/C16H15N3O2/c17-8-7-11-1-5-14(6-2-11)21-10-13-4-3-12(16(19)20)9-15(13)18/h1-6,9H,7,10,18H2,(H2,19,20). The molecule has 0 aliphatic rings. The Labute approximate surface area is 122 Å².